The molecule has 2 aromatic carbocycles. The van der Waals surface area contributed by atoms with Crippen molar-refractivity contribution >= 4 is 17.3 Å². The van der Waals surface area contributed by atoms with Crippen molar-refractivity contribution in [3.05, 3.63) is 69.5 Å². The topological polar surface area (TPSA) is 72.2 Å². The van der Waals surface area contributed by atoms with Gasteiger partial charge in [0.2, 0.25) is 0 Å². The molecule has 5 nitrogen and oxygen atoms in total. The molecule has 102 valence electrons. The van der Waals surface area contributed by atoms with E-state index in [-0.39, 0.29) is 16.9 Å². The number of halogens is 1. The van der Waals surface area contributed by atoms with Crippen LogP contribution in [-0.4, -0.2) is 10.8 Å². The summed E-state index contributed by atoms with van der Waals surface area (Å²) in [7, 11) is 0. The Kier molecular flexibility index (Phi) is 3.74. The number of hydrogen-bond donors (Lipinski definition) is 1. The number of amides is 1. The van der Waals surface area contributed by atoms with Gasteiger partial charge in [-0.15, -0.1) is 0 Å². The average molecular weight is 274 g/mol. The summed E-state index contributed by atoms with van der Waals surface area (Å²) in [6.07, 6.45) is 0. The second kappa shape index (κ2) is 5.48. The van der Waals surface area contributed by atoms with Crippen molar-refractivity contribution in [3.8, 4) is 0 Å². The maximum Gasteiger partial charge on any atom is 0.293 e. The fraction of sp³-hybridized carbons (Fsp3) is 0.0714. The van der Waals surface area contributed by atoms with Gasteiger partial charge in [-0.05, 0) is 36.8 Å². The predicted octanol–water partition coefficient (Wildman–Crippen LogP) is 3.29. The summed E-state index contributed by atoms with van der Waals surface area (Å²) in [5.41, 5.74) is 0.685. The molecular weight excluding hydrogens is 263 g/mol. The maximum atomic E-state index is 13.0. The first kappa shape index (κ1) is 13.7. The third-order valence-electron chi connectivity index (χ3n) is 2.68. The highest BCUT2D eigenvalue weighted by Crippen LogP contribution is 2.25. The lowest BCUT2D eigenvalue weighted by molar-refractivity contribution is -0.384. The SMILES string of the molecule is Cc1ccc(NC(=O)c2cccc(F)c2)c([N+](=O)[O-])c1. The highest BCUT2D eigenvalue weighted by atomic mass is 19.1. The van der Waals surface area contributed by atoms with Crippen LogP contribution in [0.1, 0.15) is 15.9 Å². The highest BCUT2D eigenvalue weighted by molar-refractivity contribution is 6.05. The van der Waals surface area contributed by atoms with Gasteiger partial charge in [-0.25, -0.2) is 4.39 Å². The molecule has 20 heavy (non-hydrogen) atoms. The molecule has 0 spiro atoms. The molecule has 2 aromatic rings. The molecule has 6 heteroatoms. The number of carbonyl (C=O) groups excluding carboxylic acids is 1. The molecule has 1 N–H and O–H groups in total. The van der Waals surface area contributed by atoms with E-state index >= 15 is 0 Å². The minimum atomic E-state index is -0.601. The van der Waals surface area contributed by atoms with Crippen molar-refractivity contribution < 1.29 is 14.1 Å². The van der Waals surface area contributed by atoms with Crippen molar-refractivity contribution in [2.45, 2.75) is 6.92 Å². The van der Waals surface area contributed by atoms with Crippen LogP contribution in [0.4, 0.5) is 15.8 Å². The van der Waals surface area contributed by atoms with Gasteiger partial charge in [-0.2, -0.15) is 0 Å². The van der Waals surface area contributed by atoms with Gasteiger partial charge in [-0.3, -0.25) is 14.9 Å². The number of nitrogens with zero attached hydrogens (tertiary/aromatic N) is 1. The largest absolute Gasteiger partial charge is 0.316 e. The lowest BCUT2D eigenvalue weighted by atomic mass is 10.1. The number of nitro groups is 1. The number of anilines is 1. The van der Waals surface area contributed by atoms with Crippen molar-refractivity contribution in [3.63, 3.8) is 0 Å². The monoisotopic (exact) mass is 274 g/mol. The number of nitro benzene ring substituents is 1. The van der Waals surface area contributed by atoms with Crippen LogP contribution in [0, 0.1) is 22.9 Å². The minimum absolute atomic E-state index is 0.0786. The Balaban J connectivity index is 2.30. The molecule has 0 saturated heterocycles. The maximum absolute atomic E-state index is 13.0. The van der Waals surface area contributed by atoms with Crippen LogP contribution in [0.3, 0.4) is 0 Å². The van der Waals surface area contributed by atoms with Crippen LogP contribution >= 0.6 is 0 Å². The number of nitrogens with one attached hydrogen (secondary N) is 1. The normalized spacial score (nSPS) is 10.1. The van der Waals surface area contributed by atoms with Crippen molar-refractivity contribution in [2.75, 3.05) is 5.32 Å². The van der Waals surface area contributed by atoms with Crippen LogP contribution in [0.5, 0.6) is 0 Å². The molecule has 0 heterocycles. The molecule has 0 unspecified atom stereocenters. The van der Waals surface area contributed by atoms with Crippen LogP contribution in [-0.2, 0) is 0 Å². The summed E-state index contributed by atoms with van der Waals surface area (Å²) in [5, 5.41) is 13.4. The Morgan fingerprint density at radius 1 is 1.25 bits per heavy atom. The van der Waals surface area contributed by atoms with Gasteiger partial charge in [0.05, 0.1) is 4.92 Å². The van der Waals surface area contributed by atoms with Crippen LogP contribution in [0.25, 0.3) is 0 Å². The summed E-state index contributed by atoms with van der Waals surface area (Å²) < 4.78 is 13.0. The zero-order chi connectivity index (χ0) is 14.7. The fourth-order valence-electron chi connectivity index (χ4n) is 1.72. The predicted molar refractivity (Wildman–Crippen MR) is 72.2 cm³/mol. The molecule has 0 aromatic heterocycles. The molecule has 0 radical (unpaired) electrons. The summed E-state index contributed by atoms with van der Waals surface area (Å²) in [6.45, 7) is 1.71. The van der Waals surface area contributed by atoms with E-state index in [9.17, 15) is 19.3 Å². The van der Waals surface area contributed by atoms with Gasteiger partial charge in [-0.1, -0.05) is 12.1 Å². The molecule has 2 rings (SSSR count). The van der Waals surface area contributed by atoms with Crippen molar-refractivity contribution in [1.82, 2.24) is 0 Å². The molecule has 0 aliphatic rings. The summed E-state index contributed by atoms with van der Waals surface area (Å²) in [5.74, 6) is -1.15. The molecule has 0 saturated carbocycles. The minimum Gasteiger partial charge on any atom is -0.316 e. The van der Waals surface area contributed by atoms with Crippen LogP contribution < -0.4 is 5.32 Å². The molecule has 0 aliphatic heterocycles. The molecule has 0 fully saturated rings. The van der Waals surface area contributed by atoms with E-state index in [2.05, 4.69) is 5.32 Å². The standard InChI is InChI=1S/C14H11FN2O3/c1-9-5-6-12(13(7-9)17(19)20)16-14(18)10-3-2-4-11(15)8-10/h2-8H,1H3,(H,16,18). The summed E-state index contributed by atoms with van der Waals surface area (Å²) in [4.78, 5) is 22.3. The van der Waals surface area contributed by atoms with Crippen molar-refractivity contribution in [2.24, 2.45) is 0 Å². The number of aryl methyl sites for hydroxylation is 1. The van der Waals surface area contributed by atoms with Gasteiger partial charge in [0.1, 0.15) is 11.5 Å². The smallest absolute Gasteiger partial charge is 0.293 e. The first-order valence-corrected chi connectivity index (χ1v) is 5.79. The number of carbonyl (C=O) groups is 1. The van der Waals surface area contributed by atoms with Crippen LogP contribution in [0.15, 0.2) is 42.5 Å². The molecule has 1 amide bonds. The Morgan fingerprint density at radius 2 is 2.00 bits per heavy atom. The number of hydrogen-bond acceptors (Lipinski definition) is 3. The zero-order valence-corrected chi connectivity index (χ0v) is 10.6. The Morgan fingerprint density at radius 3 is 2.65 bits per heavy atom. The lowest BCUT2D eigenvalue weighted by Gasteiger charge is -2.06. The Bertz CT molecular complexity index is 686. The number of benzene rings is 2. The second-order valence-electron chi connectivity index (χ2n) is 4.24. The molecule has 0 aliphatic carbocycles. The van der Waals surface area contributed by atoms with Gasteiger partial charge in [0.15, 0.2) is 0 Å². The van der Waals surface area contributed by atoms with E-state index in [0.717, 1.165) is 6.07 Å². The fourth-order valence-corrected chi connectivity index (χ4v) is 1.72. The van der Waals surface area contributed by atoms with Gasteiger partial charge in [0.25, 0.3) is 11.6 Å². The van der Waals surface area contributed by atoms with E-state index in [4.69, 9.17) is 0 Å². The molecule has 0 atom stereocenters. The van der Waals surface area contributed by atoms with E-state index in [1.54, 1.807) is 13.0 Å². The van der Waals surface area contributed by atoms with Crippen LogP contribution in [0.2, 0.25) is 0 Å². The summed E-state index contributed by atoms with van der Waals surface area (Å²) in [6, 6.07) is 9.56. The zero-order valence-electron chi connectivity index (χ0n) is 10.6. The lowest BCUT2D eigenvalue weighted by Crippen LogP contribution is -2.13. The van der Waals surface area contributed by atoms with Gasteiger partial charge < -0.3 is 5.32 Å². The van der Waals surface area contributed by atoms with E-state index in [1.807, 2.05) is 0 Å². The van der Waals surface area contributed by atoms with E-state index in [0.29, 0.717) is 5.56 Å². The highest BCUT2D eigenvalue weighted by Gasteiger charge is 2.16. The average Bonchev–Trinajstić information content (AvgIpc) is 2.40. The third kappa shape index (κ3) is 2.97. The first-order valence-electron chi connectivity index (χ1n) is 5.79. The summed E-state index contributed by atoms with van der Waals surface area (Å²) >= 11 is 0. The number of rotatable bonds is 3. The van der Waals surface area contributed by atoms with E-state index in [1.165, 1.54) is 30.3 Å². The molecular formula is C14H11FN2O3. The van der Waals surface area contributed by atoms with Gasteiger partial charge >= 0.3 is 0 Å². The first-order chi connectivity index (χ1) is 9.47. The Labute approximate surface area is 114 Å². The van der Waals surface area contributed by atoms with E-state index < -0.39 is 16.6 Å². The quantitative estimate of drug-likeness (QED) is 0.689. The Hall–Kier alpha value is -2.76. The van der Waals surface area contributed by atoms with Crippen molar-refractivity contribution in [1.29, 1.82) is 0 Å². The second-order valence-corrected chi connectivity index (χ2v) is 4.24. The van der Waals surface area contributed by atoms with Gasteiger partial charge in [0, 0.05) is 11.6 Å². The third-order valence-corrected chi connectivity index (χ3v) is 2.68. The molecule has 0 bridgehead atoms.